The fourth-order valence-corrected chi connectivity index (χ4v) is 2.75. The normalized spacial score (nSPS) is 27.4. The third-order valence-corrected chi connectivity index (χ3v) is 3.77. The minimum Gasteiger partial charge on any atom is -0.481 e. The van der Waals surface area contributed by atoms with Gasteiger partial charge in [0.25, 0.3) is 0 Å². The van der Waals surface area contributed by atoms with E-state index in [4.69, 9.17) is 4.74 Å². The number of carboxylic acid groups (broad SMARTS) is 1. The lowest BCUT2D eigenvalue weighted by Gasteiger charge is -2.37. The molecule has 102 valence electrons. The van der Waals surface area contributed by atoms with Crippen LogP contribution in [0, 0.1) is 17.3 Å². The molecule has 2 unspecified atom stereocenters. The van der Waals surface area contributed by atoms with E-state index in [9.17, 15) is 9.90 Å². The van der Waals surface area contributed by atoms with Crippen molar-refractivity contribution < 1.29 is 14.6 Å². The second-order valence-electron chi connectivity index (χ2n) is 5.51. The molecule has 1 N–H and O–H groups in total. The van der Waals surface area contributed by atoms with Gasteiger partial charge in [0, 0.05) is 13.7 Å². The number of ether oxygens (including phenoxy) is 1. The molecule has 0 saturated carbocycles. The topological polar surface area (TPSA) is 46.5 Å². The fourth-order valence-electron chi connectivity index (χ4n) is 2.75. The number of carboxylic acids is 1. The molecule has 0 aromatic rings. The van der Waals surface area contributed by atoms with Gasteiger partial charge >= 0.3 is 5.97 Å². The molecule has 0 heterocycles. The average Bonchev–Trinajstić information content (AvgIpc) is 2.29. The molecule has 3 nitrogen and oxygen atoms in total. The van der Waals surface area contributed by atoms with E-state index in [0.717, 1.165) is 6.42 Å². The Morgan fingerprint density at radius 2 is 2.22 bits per heavy atom. The van der Waals surface area contributed by atoms with E-state index in [1.165, 1.54) is 5.57 Å². The average molecular weight is 252 g/mol. The summed E-state index contributed by atoms with van der Waals surface area (Å²) in [6.45, 7) is 6.79. The Bertz CT molecular complexity index is 355. The van der Waals surface area contributed by atoms with Crippen LogP contribution < -0.4 is 0 Å². The van der Waals surface area contributed by atoms with Gasteiger partial charge in [0.05, 0.1) is 5.41 Å². The number of hydrogen-bond donors (Lipinski definition) is 1. The maximum Gasteiger partial charge on any atom is 0.314 e. The van der Waals surface area contributed by atoms with Crippen LogP contribution in [0.4, 0.5) is 0 Å². The van der Waals surface area contributed by atoms with Crippen molar-refractivity contribution >= 4 is 5.97 Å². The first-order valence-electron chi connectivity index (χ1n) is 6.54. The largest absolute Gasteiger partial charge is 0.481 e. The molecule has 0 aromatic carbocycles. The van der Waals surface area contributed by atoms with E-state index < -0.39 is 11.4 Å². The van der Waals surface area contributed by atoms with Gasteiger partial charge in [-0.3, -0.25) is 4.79 Å². The van der Waals surface area contributed by atoms with Crippen molar-refractivity contribution in [3.63, 3.8) is 0 Å². The van der Waals surface area contributed by atoms with Crippen LogP contribution in [0.5, 0.6) is 0 Å². The zero-order valence-electron chi connectivity index (χ0n) is 11.8. The van der Waals surface area contributed by atoms with Gasteiger partial charge in [0.1, 0.15) is 0 Å². The van der Waals surface area contributed by atoms with E-state index in [0.29, 0.717) is 18.9 Å². The van der Waals surface area contributed by atoms with E-state index in [1.807, 2.05) is 25.2 Å². The van der Waals surface area contributed by atoms with Crippen molar-refractivity contribution in [2.24, 2.45) is 17.3 Å². The second-order valence-corrected chi connectivity index (χ2v) is 5.51. The first-order valence-corrected chi connectivity index (χ1v) is 6.54. The van der Waals surface area contributed by atoms with Crippen LogP contribution in [0.2, 0.25) is 0 Å². The Labute approximate surface area is 110 Å². The van der Waals surface area contributed by atoms with Crippen molar-refractivity contribution in [2.45, 2.75) is 33.6 Å². The van der Waals surface area contributed by atoms with Gasteiger partial charge in [-0.15, -0.1) is 0 Å². The van der Waals surface area contributed by atoms with Crippen LogP contribution in [0.15, 0.2) is 23.8 Å². The quantitative estimate of drug-likeness (QED) is 0.789. The summed E-state index contributed by atoms with van der Waals surface area (Å²) in [6, 6.07) is 0. The van der Waals surface area contributed by atoms with E-state index in [1.54, 1.807) is 7.11 Å². The lowest BCUT2D eigenvalue weighted by molar-refractivity contribution is -0.149. The maximum absolute atomic E-state index is 11.7. The van der Waals surface area contributed by atoms with Gasteiger partial charge in [-0.25, -0.2) is 0 Å². The Morgan fingerprint density at radius 3 is 2.72 bits per heavy atom. The number of methoxy groups -OCH3 is 1. The Balaban J connectivity index is 2.97. The minimum absolute atomic E-state index is 0.0255. The summed E-state index contributed by atoms with van der Waals surface area (Å²) in [7, 11) is 1.67. The first-order chi connectivity index (χ1) is 8.44. The number of hydrogen-bond acceptors (Lipinski definition) is 2. The number of rotatable bonds is 6. The number of aliphatic carboxylic acids is 1. The third-order valence-electron chi connectivity index (χ3n) is 3.77. The molecule has 0 spiro atoms. The van der Waals surface area contributed by atoms with Crippen molar-refractivity contribution in [3.8, 4) is 0 Å². The summed E-state index contributed by atoms with van der Waals surface area (Å²) in [4.78, 5) is 11.7. The monoisotopic (exact) mass is 252 g/mol. The summed E-state index contributed by atoms with van der Waals surface area (Å²) in [5, 5.41) is 9.64. The first kappa shape index (κ1) is 15.0. The summed E-state index contributed by atoms with van der Waals surface area (Å²) >= 11 is 0. The molecule has 0 aliphatic heterocycles. The van der Waals surface area contributed by atoms with Crippen molar-refractivity contribution in [3.05, 3.63) is 23.8 Å². The van der Waals surface area contributed by atoms with Crippen LogP contribution in [0.25, 0.3) is 0 Å². The van der Waals surface area contributed by atoms with Gasteiger partial charge < -0.3 is 9.84 Å². The van der Waals surface area contributed by atoms with Crippen molar-refractivity contribution in [2.75, 3.05) is 13.7 Å². The van der Waals surface area contributed by atoms with Crippen LogP contribution in [0.1, 0.15) is 33.6 Å². The second kappa shape index (κ2) is 6.19. The predicted octanol–water partition coefficient (Wildman–Crippen LogP) is 3.27. The zero-order valence-corrected chi connectivity index (χ0v) is 11.8. The summed E-state index contributed by atoms with van der Waals surface area (Å²) in [5.74, 6) is -0.338. The Hall–Kier alpha value is -1.09. The smallest absolute Gasteiger partial charge is 0.314 e. The zero-order chi connectivity index (χ0) is 13.8. The molecule has 3 heteroatoms. The summed E-state index contributed by atoms with van der Waals surface area (Å²) in [6.07, 6.45) is 7.25. The van der Waals surface area contributed by atoms with E-state index in [-0.39, 0.29) is 5.92 Å². The van der Waals surface area contributed by atoms with Crippen LogP contribution >= 0.6 is 0 Å². The molecular formula is C15H24O3. The van der Waals surface area contributed by atoms with Gasteiger partial charge in [0.2, 0.25) is 0 Å². The molecule has 1 aliphatic rings. The Kier molecular flexibility index (Phi) is 5.15. The molecule has 0 radical (unpaired) electrons. The minimum atomic E-state index is -0.758. The molecular weight excluding hydrogens is 228 g/mol. The van der Waals surface area contributed by atoms with Crippen LogP contribution in [-0.4, -0.2) is 24.8 Å². The lowest BCUT2D eigenvalue weighted by atomic mass is 9.65. The van der Waals surface area contributed by atoms with Crippen LogP contribution in [0.3, 0.4) is 0 Å². The van der Waals surface area contributed by atoms with Crippen molar-refractivity contribution in [1.29, 1.82) is 0 Å². The SMILES string of the molecule is COCCC1=CC=CC(CC(C)C)(C(=O)O)C1C. The number of allylic oxidation sites excluding steroid dienone is 2. The highest BCUT2D eigenvalue weighted by Crippen LogP contribution is 2.43. The molecule has 0 aromatic heterocycles. The van der Waals surface area contributed by atoms with Gasteiger partial charge in [-0.1, -0.05) is 44.6 Å². The molecule has 0 amide bonds. The maximum atomic E-state index is 11.7. The van der Waals surface area contributed by atoms with Gasteiger partial charge in [-0.2, -0.15) is 0 Å². The standard InChI is InChI=1S/C15H24O3/c1-11(2)10-15(14(16)17)8-5-6-13(12(15)3)7-9-18-4/h5-6,8,11-12H,7,9-10H2,1-4H3,(H,16,17). The van der Waals surface area contributed by atoms with E-state index >= 15 is 0 Å². The third kappa shape index (κ3) is 3.02. The lowest BCUT2D eigenvalue weighted by Crippen LogP contribution is -2.39. The Morgan fingerprint density at radius 1 is 1.56 bits per heavy atom. The molecule has 2 atom stereocenters. The molecule has 1 aliphatic carbocycles. The highest BCUT2D eigenvalue weighted by molar-refractivity contribution is 5.78. The molecule has 0 fully saturated rings. The fraction of sp³-hybridized carbons (Fsp3) is 0.667. The van der Waals surface area contributed by atoms with E-state index in [2.05, 4.69) is 13.8 Å². The number of carbonyl (C=O) groups is 1. The van der Waals surface area contributed by atoms with Gasteiger partial charge in [0.15, 0.2) is 0 Å². The molecule has 0 saturated heterocycles. The summed E-state index contributed by atoms with van der Waals surface area (Å²) in [5.41, 5.74) is 0.411. The summed E-state index contributed by atoms with van der Waals surface area (Å²) < 4.78 is 5.09. The van der Waals surface area contributed by atoms with Crippen LogP contribution in [-0.2, 0) is 9.53 Å². The molecule has 1 rings (SSSR count). The van der Waals surface area contributed by atoms with Gasteiger partial charge in [-0.05, 0) is 24.7 Å². The highest BCUT2D eigenvalue weighted by atomic mass is 16.5. The van der Waals surface area contributed by atoms with Crippen molar-refractivity contribution in [1.82, 2.24) is 0 Å². The highest BCUT2D eigenvalue weighted by Gasteiger charge is 2.44. The molecule has 0 bridgehead atoms. The predicted molar refractivity (Wildman–Crippen MR) is 72.4 cm³/mol. The molecule has 18 heavy (non-hydrogen) atoms.